The van der Waals surface area contributed by atoms with Crippen LogP contribution in [0, 0.1) is 0 Å². The molecule has 1 fully saturated rings. The molecule has 1 aliphatic rings. The summed E-state index contributed by atoms with van der Waals surface area (Å²) < 4.78 is 0. The van der Waals surface area contributed by atoms with E-state index in [4.69, 9.17) is 5.73 Å². The van der Waals surface area contributed by atoms with Crippen molar-refractivity contribution in [1.82, 2.24) is 4.90 Å². The Morgan fingerprint density at radius 1 is 1.24 bits per heavy atom. The van der Waals surface area contributed by atoms with Gasteiger partial charge in [-0.3, -0.25) is 9.69 Å². The number of nitrogens with two attached hydrogens (primary N) is 1. The van der Waals surface area contributed by atoms with Crippen molar-refractivity contribution in [3.63, 3.8) is 0 Å². The minimum atomic E-state index is -0.323. The van der Waals surface area contributed by atoms with Gasteiger partial charge in [0.25, 0.3) is 0 Å². The second-order valence-electron chi connectivity index (χ2n) is 4.47. The molecule has 2 rings (SSSR count). The summed E-state index contributed by atoms with van der Waals surface area (Å²) in [4.78, 5) is 13.2. The van der Waals surface area contributed by atoms with Crippen LogP contribution in [0.25, 0.3) is 0 Å². The van der Waals surface area contributed by atoms with Crippen LogP contribution in [-0.2, 0) is 11.3 Å². The summed E-state index contributed by atoms with van der Waals surface area (Å²) in [5.41, 5.74) is 7.68. The number of likely N-dealkylation sites (tertiary alicyclic amines) is 1. The molecule has 17 heavy (non-hydrogen) atoms. The van der Waals surface area contributed by atoms with E-state index in [1.165, 1.54) is 11.1 Å². The third-order valence-corrected chi connectivity index (χ3v) is 3.09. The van der Waals surface area contributed by atoms with Crippen molar-refractivity contribution in [3.8, 4) is 0 Å². The van der Waals surface area contributed by atoms with E-state index in [0.29, 0.717) is 0 Å². The van der Waals surface area contributed by atoms with E-state index < -0.39 is 0 Å². The second-order valence-corrected chi connectivity index (χ2v) is 4.47. The third-order valence-electron chi connectivity index (χ3n) is 3.09. The maximum Gasteiger partial charge on any atom is 0.241 e. The molecule has 3 nitrogen and oxygen atoms in total. The van der Waals surface area contributed by atoms with Gasteiger partial charge in [-0.1, -0.05) is 35.9 Å². The van der Waals surface area contributed by atoms with E-state index in [0.717, 1.165) is 32.5 Å². The maximum atomic E-state index is 10.8. The molecule has 0 aliphatic carbocycles. The molecule has 3 heteroatoms. The average Bonchev–Trinajstić information content (AvgIpc) is 2.32. The number of hydrogen-bond acceptors (Lipinski definition) is 2. The number of nitrogens with zero attached hydrogens (tertiary/aromatic N) is 1. The first-order chi connectivity index (χ1) is 8.24. The zero-order valence-corrected chi connectivity index (χ0v) is 9.93. The van der Waals surface area contributed by atoms with E-state index in [9.17, 15) is 4.79 Å². The molecular weight excluding hydrogens is 212 g/mol. The van der Waals surface area contributed by atoms with Gasteiger partial charge >= 0.3 is 0 Å². The van der Waals surface area contributed by atoms with Crippen LogP contribution in [0.2, 0.25) is 0 Å². The highest BCUT2D eigenvalue weighted by Crippen LogP contribution is 2.17. The Hall–Kier alpha value is -1.61. The van der Waals surface area contributed by atoms with Crippen LogP contribution in [-0.4, -0.2) is 23.9 Å². The van der Waals surface area contributed by atoms with Crippen molar-refractivity contribution in [1.29, 1.82) is 0 Å². The minimum absolute atomic E-state index is 0.323. The Bertz CT molecular complexity index is 401. The minimum Gasteiger partial charge on any atom is -0.366 e. The van der Waals surface area contributed by atoms with Gasteiger partial charge < -0.3 is 5.73 Å². The molecule has 0 aromatic heterocycles. The quantitative estimate of drug-likeness (QED) is 0.803. The van der Waals surface area contributed by atoms with E-state index in [1.807, 2.05) is 6.07 Å². The maximum absolute atomic E-state index is 10.8. The number of carbonyl (C=O) groups excluding carboxylic acids is 1. The zero-order valence-electron chi connectivity index (χ0n) is 9.93. The molecule has 1 heterocycles. The number of amides is 1. The molecule has 1 aliphatic heterocycles. The fourth-order valence-corrected chi connectivity index (χ4v) is 2.19. The van der Waals surface area contributed by atoms with Crippen molar-refractivity contribution in [2.45, 2.75) is 19.4 Å². The first kappa shape index (κ1) is 11.9. The lowest BCUT2D eigenvalue weighted by Crippen LogP contribution is -2.30. The Kier molecular flexibility index (Phi) is 3.94. The normalized spacial score (nSPS) is 16.8. The largest absolute Gasteiger partial charge is 0.366 e. The summed E-state index contributed by atoms with van der Waals surface area (Å²) in [6.45, 7) is 3.01. The van der Waals surface area contributed by atoms with Gasteiger partial charge in [-0.15, -0.1) is 0 Å². The molecule has 1 aromatic rings. The second kappa shape index (κ2) is 5.64. The Balaban J connectivity index is 1.86. The predicted molar refractivity (Wildman–Crippen MR) is 68.2 cm³/mol. The molecule has 90 valence electrons. The average molecular weight is 230 g/mol. The van der Waals surface area contributed by atoms with Crippen molar-refractivity contribution >= 4 is 5.91 Å². The summed E-state index contributed by atoms with van der Waals surface area (Å²) in [5.74, 6) is -0.323. The molecule has 0 radical (unpaired) electrons. The van der Waals surface area contributed by atoms with E-state index in [-0.39, 0.29) is 5.91 Å². The van der Waals surface area contributed by atoms with Crippen molar-refractivity contribution in [2.24, 2.45) is 5.73 Å². The Morgan fingerprint density at radius 2 is 1.88 bits per heavy atom. The highest BCUT2D eigenvalue weighted by molar-refractivity contribution is 5.86. The van der Waals surface area contributed by atoms with Gasteiger partial charge in [-0.25, -0.2) is 0 Å². The fraction of sp³-hybridized carbons (Fsp3) is 0.357. The molecule has 2 N–H and O–H groups in total. The van der Waals surface area contributed by atoms with Crippen molar-refractivity contribution in [3.05, 3.63) is 47.5 Å². The topological polar surface area (TPSA) is 46.3 Å². The van der Waals surface area contributed by atoms with Gasteiger partial charge in [0.2, 0.25) is 5.91 Å². The van der Waals surface area contributed by atoms with Crippen LogP contribution in [0.15, 0.2) is 42.0 Å². The molecular formula is C14H18N2O. The molecule has 0 saturated carbocycles. The standard InChI is InChI=1S/C14H18N2O/c15-14(17)10-12-6-8-16(9-7-12)11-13-4-2-1-3-5-13/h1-5,10H,6-9,11H2,(H2,15,17). The molecule has 0 bridgehead atoms. The summed E-state index contributed by atoms with van der Waals surface area (Å²) in [6.07, 6.45) is 3.49. The molecule has 0 atom stereocenters. The number of rotatable bonds is 3. The number of benzene rings is 1. The zero-order chi connectivity index (χ0) is 12.1. The lowest BCUT2D eigenvalue weighted by atomic mass is 10.0. The van der Waals surface area contributed by atoms with Crippen LogP contribution in [0.1, 0.15) is 18.4 Å². The highest BCUT2D eigenvalue weighted by Gasteiger charge is 2.14. The monoisotopic (exact) mass is 230 g/mol. The summed E-state index contributed by atoms with van der Waals surface area (Å²) in [7, 11) is 0. The summed E-state index contributed by atoms with van der Waals surface area (Å²) in [5, 5.41) is 0. The van der Waals surface area contributed by atoms with E-state index in [2.05, 4.69) is 29.2 Å². The lowest BCUT2D eigenvalue weighted by molar-refractivity contribution is -0.113. The van der Waals surface area contributed by atoms with Crippen LogP contribution in [0.5, 0.6) is 0 Å². The number of hydrogen-bond donors (Lipinski definition) is 1. The van der Waals surface area contributed by atoms with Gasteiger partial charge in [0, 0.05) is 25.7 Å². The number of piperidine rings is 1. The van der Waals surface area contributed by atoms with Gasteiger partial charge in [0.15, 0.2) is 0 Å². The first-order valence-electron chi connectivity index (χ1n) is 5.99. The molecule has 1 aromatic carbocycles. The number of primary amides is 1. The van der Waals surface area contributed by atoms with E-state index in [1.54, 1.807) is 6.08 Å². The third kappa shape index (κ3) is 3.71. The van der Waals surface area contributed by atoms with Crippen molar-refractivity contribution in [2.75, 3.05) is 13.1 Å². The van der Waals surface area contributed by atoms with Crippen LogP contribution < -0.4 is 5.73 Å². The van der Waals surface area contributed by atoms with Crippen molar-refractivity contribution < 1.29 is 4.79 Å². The predicted octanol–water partition coefficient (Wildman–Crippen LogP) is 1.69. The number of carbonyl (C=O) groups is 1. The van der Waals surface area contributed by atoms with Gasteiger partial charge in [0.1, 0.15) is 0 Å². The molecule has 0 unspecified atom stereocenters. The fourth-order valence-electron chi connectivity index (χ4n) is 2.19. The van der Waals surface area contributed by atoms with Crippen LogP contribution in [0.3, 0.4) is 0 Å². The highest BCUT2D eigenvalue weighted by atomic mass is 16.1. The lowest BCUT2D eigenvalue weighted by Gasteiger charge is -2.28. The van der Waals surface area contributed by atoms with Crippen LogP contribution in [0.4, 0.5) is 0 Å². The molecule has 0 spiro atoms. The SMILES string of the molecule is NC(=O)C=C1CCN(Cc2ccccc2)CC1. The van der Waals surface area contributed by atoms with Gasteiger partial charge in [0.05, 0.1) is 0 Å². The Morgan fingerprint density at radius 3 is 2.47 bits per heavy atom. The smallest absolute Gasteiger partial charge is 0.241 e. The van der Waals surface area contributed by atoms with Gasteiger partial charge in [-0.2, -0.15) is 0 Å². The first-order valence-corrected chi connectivity index (χ1v) is 5.99. The van der Waals surface area contributed by atoms with E-state index >= 15 is 0 Å². The summed E-state index contributed by atoms with van der Waals surface area (Å²) in [6, 6.07) is 10.5. The van der Waals surface area contributed by atoms with Crippen LogP contribution >= 0.6 is 0 Å². The Labute approximate surface area is 102 Å². The summed E-state index contributed by atoms with van der Waals surface area (Å²) >= 11 is 0. The molecule has 1 saturated heterocycles. The van der Waals surface area contributed by atoms with Gasteiger partial charge in [-0.05, 0) is 18.4 Å². The molecule has 1 amide bonds.